The lowest BCUT2D eigenvalue weighted by Gasteiger charge is -2.05. The van der Waals surface area contributed by atoms with Crippen LogP contribution in [0.4, 0.5) is 14.6 Å². The van der Waals surface area contributed by atoms with Crippen molar-refractivity contribution in [2.24, 2.45) is 0 Å². The summed E-state index contributed by atoms with van der Waals surface area (Å²) in [6, 6.07) is 11.7. The number of aromatic nitrogens is 3. The Labute approximate surface area is 158 Å². The van der Waals surface area contributed by atoms with E-state index in [9.17, 15) is 8.78 Å². The molecule has 0 atom stereocenters. The van der Waals surface area contributed by atoms with Crippen LogP contribution in [-0.4, -0.2) is 15.1 Å². The average Bonchev–Trinajstić information content (AvgIpc) is 3.11. The normalized spacial score (nSPS) is 10.8. The molecule has 1 aromatic carbocycles. The van der Waals surface area contributed by atoms with E-state index in [1.54, 1.807) is 42.7 Å². The molecule has 0 bridgehead atoms. The molecule has 0 saturated heterocycles. The molecule has 4 rings (SSSR count). The highest BCUT2D eigenvalue weighted by atomic mass is 19.1. The fourth-order valence-electron chi connectivity index (χ4n) is 2.64. The maximum Gasteiger partial charge on any atom is 0.219 e. The van der Waals surface area contributed by atoms with E-state index in [0.29, 0.717) is 29.3 Å². The van der Waals surface area contributed by atoms with E-state index in [-0.39, 0.29) is 11.6 Å². The number of pyridine rings is 2. The lowest BCUT2D eigenvalue weighted by Crippen LogP contribution is -1.93. The van der Waals surface area contributed by atoms with Crippen LogP contribution in [0.1, 0.15) is 11.3 Å². The van der Waals surface area contributed by atoms with Crippen LogP contribution in [-0.2, 0) is 6.42 Å². The molecule has 0 spiro atoms. The van der Waals surface area contributed by atoms with Gasteiger partial charge in [0, 0.05) is 49.1 Å². The number of nitrogen functional groups attached to an aromatic ring is 1. The first-order valence-corrected chi connectivity index (χ1v) is 8.32. The third-order valence-corrected chi connectivity index (χ3v) is 3.90. The van der Waals surface area contributed by atoms with Crippen molar-refractivity contribution < 1.29 is 18.0 Å². The Balaban J connectivity index is 1.46. The van der Waals surface area contributed by atoms with Gasteiger partial charge in [0.2, 0.25) is 5.88 Å². The zero-order valence-electron chi connectivity index (χ0n) is 14.5. The number of benzene rings is 1. The molecular formula is C20H14F2N4O2. The standard InChI is InChI=1S/C20H14F2N4O2/c21-13-7-14(22)9-16(8-13)27-19-4-3-12(11-25-19)6-15-10-18(28-26-15)17-2-1-5-24-20(17)23/h1-5,7-11H,6H2,(H2,23,24). The van der Waals surface area contributed by atoms with Gasteiger partial charge in [-0.15, -0.1) is 0 Å². The molecule has 3 heterocycles. The van der Waals surface area contributed by atoms with Gasteiger partial charge in [-0.1, -0.05) is 11.2 Å². The zero-order valence-corrected chi connectivity index (χ0v) is 14.5. The molecule has 4 aromatic rings. The Morgan fingerprint density at radius 3 is 2.54 bits per heavy atom. The molecule has 0 radical (unpaired) electrons. The molecule has 0 aliphatic heterocycles. The van der Waals surface area contributed by atoms with Gasteiger partial charge in [-0.3, -0.25) is 0 Å². The SMILES string of the molecule is Nc1ncccc1-c1cc(Cc2ccc(Oc3cc(F)cc(F)c3)nc2)no1. The van der Waals surface area contributed by atoms with Crippen LogP contribution in [0.3, 0.4) is 0 Å². The van der Waals surface area contributed by atoms with E-state index in [1.807, 2.05) is 0 Å². The lowest BCUT2D eigenvalue weighted by molar-refractivity contribution is 0.425. The number of hydrogen-bond donors (Lipinski definition) is 1. The van der Waals surface area contributed by atoms with E-state index in [2.05, 4.69) is 15.1 Å². The Hall–Kier alpha value is -3.81. The molecular weight excluding hydrogens is 366 g/mol. The fraction of sp³-hybridized carbons (Fsp3) is 0.0500. The van der Waals surface area contributed by atoms with Gasteiger partial charge in [-0.25, -0.2) is 18.7 Å². The largest absolute Gasteiger partial charge is 0.439 e. The third kappa shape index (κ3) is 3.96. The molecule has 140 valence electrons. The molecule has 0 unspecified atom stereocenters. The first kappa shape index (κ1) is 17.6. The second-order valence-corrected chi connectivity index (χ2v) is 6.01. The zero-order chi connectivity index (χ0) is 19.5. The Kier molecular flexibility index (Phi) is 4.67. The van der Waals surface area contributed by atoms with Gasteiger partial charge >= 0.3 is 0 Å². The van der Waals surface area contributed by atoms with Gasteiger partial charge in [0.15, 0.2) is 5.76 Å². The van der Waals surface area contributed by atoms with Crippen molar-refractivity contribution in [1.29, 1.82) is 0 Å². The number of nitrogens with two attached hydrogens (primary N) is 1. The average molecular weight is 380 g/mol. The maximum atomic E-state index is 13.2. The minimum atomic E-state index is -0.720. The van der Waals surface area contributed by atoms with Crippen molar-refractivity contribution in [3.63, 3.8) is 0 Å². The van der Waals surface area contributed by atoms with Gasteiger partial charge in [0.05, 0.1) is 11.3 Å². The molecule has 0 aliphatic carbocycles. The minimum absolute atomic E-state index is 0.0351. The molecule has 0 amide bonds. The molecule has 0 saturated carbocycles. The molecule has 28 heavy (non-hydrogen) atoms. The van der Waals surface area contributed by atoms with Crippen molar-refractivity contribution in [2.45, 2.75) is 6.42 Å². The van der Waals surface area contributed by atoms with Crippen LogP contribution in [0.25, 0.3) is 11.3 Å². The smallest absolute Gasteiger partial charge is 0.219 e. The lowest BCUT2D eigenvalue weighted by atomic mass is 10.1. The Bertz CT molecular complexity index is 1090. The molecule has 6 nitrogen and oxygen atoms in total. The molecule has 0 aliphatic rings. The highest BCUT2D eigenvalue weighted by Crippen LogP contribution is 2.26. The van der Waals surface area contributed by atoms with Gasteiger partial charge in [-0.05, 0) is 17.7 Å². The van der Waals surface area contributed by atoms with Gasteiger partial charge < -0.3 is 15.0 Å². The second kappa shape index (κ2) is 7.43. The van der Waals surface area contributed by atoms with Crippen LogP contribution in [0.2, 0.25) is 0 Å². The predicted molar refractivity (Wildman–Crippen MR) is 97.6 cm³/mol. The summed E-state index contributed by atoms with van der Waals surface area (Å²) in [5.41, 5.74) is 8.07. The van der Waals surface area contributed by atoms with E-state index in [4.69, 9.17) is 15.0 Å². The first-order chi connectivity index (χ1) is 13.6. The molecule has 8 heteroatoms. The fourth-order valence-corrected chi connectivity index (χ4v) is 2.64. The number of hydrogen-bond acceptors (Lipinski definition) is 6. The quantitative estimate of drug-likeness (QED) is 0.553. The maximum absolute atomic E-state index is 13.2. The number of rotatable bonds is 5. The van der Waals surface area contributed by atoms with E-state index in [0.717, 1.165) is 23.8 Å². The van der Waals surface area contributed by atoms with Crippen LogP contribution < -0.4 is 10.5 Å². The van der Waals surface area contributed by atoms with Gasteiger partial charge in [-0.2, -0.15) is 0 Å². The minimum Gasteiger partial charge on any atom is -0.439 e. The highest BCUT2D eigenvalue weighted by molar-refractivity contribution is 5.69. The van der Waals surface area contributed by atoms with Crippen LogP contribution in [0.5, 0.6) is 11.6 Å². The summed E-state index contributed by atoms with van der Waals surface area (Å²) in [5, 5.41) is 4.04. The monoisotopic (exact) mass is 380 g/mol. The molecule has 3 aromatic heterocycles. The summed E-state index contributed by atoms with van der Waals surface area (Å²) in [7, 11) is 0. The molecule has 0 fully saturated rings. The summed E-state index contributed by atoms with van der Waals surface area (Å²) in [4.78, 5) is 8.18. The summed E-state index contributed by atoms with van der Waals surface area (Å²) >= 11 is 0. The number of ether oxygens (including phenoxy) is 1. The highest BCUT2D eigenvalue weighted by Gasteiger charge is 2.11. The number of halogens is 2. The van der Waals surface area contributed by atoms with Crippen LogP contribution in [0.15, 0.2) is 65.4 Å². The van der Waals surface area contributed by atoms with E-state index in [1.165, 1.54) is 0 Å². The number of nitrogens with zero attached hydrogens (tertiary/aromatic N) is 3. The summed E-state index contributed by atoms with van der Waals surface area (Å²) < 4.78 is 37.2. The van der Waals surface area contributed by atoms with Gasteiger partial charge in [0.1, 0.15) is 23.2 Å². The summed E-state index contributed by atoms with van der Waals surface area (Å²) in [5.74, 6) is -0.292. The van der Waals surface area contributed by atoms with E-state index >= 15 is 0 Å². The molecule has 2 N–H and O–H groups in total. The number of anilines is 1. The topological polar surface area (TPSA) is 87.1 Å². The van der Waals surface area contributed by atoms with Gasteiger partial charge in [0.25, 0.3) is 0 Å². The van der Waals surface area contributed by atoms with Crippen molar-refractivity contribution in [2.75, 3.05) is 5.73 Å². The summed E-state index contributed by atoms with van der Waals surface area (Å²) in [6.45, 7) is 0. The van der Waals surface area contributed by atoms with Crippen LogP contribution in [0, 0.1) is 11.6 Å². The third-order valence-electron chi connectivity index (χ3n) is 3.90. The second-order valence-electron chi connectivity index (χ2n) is 6.01. The summed E-state index contributed by atoms with van der Waals surface area (Å²) in [6.07, 6.45) is 3.67. The van der Waals surface area contributed by atoms with E-state index < -0.39 is 11.6 Å². The van der Waals surface area contributed by atoms with Crippen molar-refractivity contribution >= 4 is 5.82 Å². The van der Waals surface area contributed by atoms with Crippen molar-refractivity contribution in [1.82, 2.24) is 15.1 Å². The predicted octanol–water partition coefficient (Wildman–Crippen LogP) is 4.38. The first-order valence-electron chi connectivity index (χ1n) is 8.32. The van der Waals surface area contributed by atoms with Crippen molar-refractivity contribution in [3.8, 4) is 23.0 Å². The Morgan fingerprint density at radius 1 is 1.00 bits per heavy atom. The van der Waals surface area contributed by atoms with Crippen LogP contribution >= 0.6 is 0 Å². The van der Waals surface area contributed by atoms with Crippen molar-refractivity contribution in [3.05, 3.63) is 83.8 Å². The Morgan fingerprint density at radius 2 is 1.82 bits per heavy atom.